The molecule has 1 spiro atoms. The summed E-state index contributed by atoms with van der Waals surface area (Å²) >= 11 is 3.35. The van der Waals surface area contributed by atoms with Gasteiger partial charge in [-0.3, -0.25) is 14.5 Å². The molecule has 4 amide bonds. The van der Waals surface area contributed by atoms with E-state index < -0.39 is 11.6 Å². The van der Waals surface area contributed by atoms with Gasteiger partial charge in [-0.1, -0.05) is 46.3 Å². The summed E-state index contributed by atoms with van der Waals surface area (Å²) < 4.78 is 0.895. The van der Waals surface area contributed by atoms with Crippen LogP contribution in [0.3, 0.4) is 0 Å². The summed E-state index contributed by atoms with van der Waals surface area (Å²) in [5.41, 5.74) is 0.434. The number of hydrogen-bond acceptors (Lipinski definition) is 3. The van der Waals surface area contributed by atoms with Gasteiger partial charge in [0.15, 0.2) is 0 Å². The molecular weight excluding hydrogens is 410 g/mol. The van der Waals surface area contributed by atoms with Crippen LogP contribution < -0.4 is 5.32 Å². The van der Waals surface area contributed by atoms with Gasteiger partial charge in [0.25, 0.3) is 11.8 Å². The Bertz CT molecular complexity index is 900. The van der Waals surface area contributed by atoms with Crippen LogP contribution in [0, 0.1) is 0 Å². The van der Waals surface area contributed by atoms with Gasteiger partial charge in [0.2, 0.25) is 0 Å². The van der Waals surface area contributed by atoms with Gasteiger partial charge in [0.1, 0.15) is 5.54 Å². The van der Waals surface area contributed by atoms with Crippen LogP contribution in [0.15, 0.2) is 59.1 Å². The molecule has 6 nitrogen and oxygen atoms in total. The number of carbonyl (C=O) groups excluding carboxylic acids is 3. The maximum Gasteiger partial charge on any atom is 0.325 e. The van der Waals surface area contributed by atoms with Gasteiger partial charge in [-0.25, -0.2) is 4.79 Å². The summed E-state index contributed by atoms with van der Waals surface area (Å²) in [6.07, 6.45) is 0.422. The highest BCUT2D eigenvalue weighted by atomic mass is 79.9. The van der Waals surface area contributed by atoms with Crippen LogP contribution in [0.2, 0.25) is 0 Å². The van der Waals surface area contributed by atoms with Crippen LogP contribution in [0.5, 0.6) is 0 Å². The van der Waals surface area contributed by atoms with E-state index >= 15 is 0 Å². The zero-order valence-electron chi connectivity index (χ0n) is 14.5. The Labute approximate surface area is 165 Å². The van der Waals surface area contributed by atoms with Crippen molar-refractivity contribution in [3.05, 3.63) is 70.2 Å². The second kappa shape index (κ2) is 6.81. The van der Waals surface area contributed by atoms with E-state index in [9.17, 15) is 14.4 Å². The van der Waals surface area contributed by atoms with E-state index in [1.807, 2.05) is 42.5 Å². The lowest BCUT2D eigenvalue weighted by Crippen LogP contribution is -2.49. The summed E-state index contributed by atoms with van der Waals surface area (Å²) in [5, 5.41) is 2.83. The van der Waals surface area contributed by atoms with Crippen LogP contribution in [-0.2, 0) is 11.3 Å². The predicted octanol–water partition coefficient (Wildman–Crippen LogP) is 2.79. The largest absolute Gasteiger partial charge is 0.336 e. The van der Waals surface area contributed by atoms with Crippen molar-refractivity contribution >= 4 is 33.8 Å². The number of nitrogens with zero attached hydrogens (tertiary/aromatic N) is 2. The Hall–Kier alpha value is -2.67. The Balaban J connectivity index is 1.50. The average molecular weight is 428 g/mol. The standard InChI is InChI=1S/C20H18BrN3O3/c21-16-8-6-15(7-9-16)17(25)23-11-10-20(13-23)18(26)24(19(27)22-20)12-14-4-2-1-3-5-14/h1-9H,10-13H2,(H,22,27). The molecule has 2 aliphatic rings. The maximum atomic E-state index is 13.0. The molecule has 2 aromatic carbocycles. The highest BCUT2D eigenvalue weighted by Crippen LogP contribution is 2.30. The minimum Gasteiger partial charge on any atom is -0.336 e. The number of carbonyl (C=O) groups is 3. The molecule has 1 unspecified atom stereocenters. The minimum atomic E-state index is -1.02. The Morgan fingerprint density at radius 1 is 1.07 bits per heavy atom. The SMILES string of the molecule is O=C(c1ccc(Br)cc1)N1CCC2(C1)NC(=O)N(Cc1ccccc1)C2=O. The van der Waals surface area contributed by atoms with Gasteiger partial charge < -0.3 is 10.2 Å². The molecule has 2 aromatic rings. The Kier molecular flexibility index (Phi) is 4.47. The Morgan fingerprint density at radius 3 is 2.48 bits per heavy atom. The van der Waals surface area contributed by atoms with E-state index in [0.717, 1.165) is 10.0 Å². The van der Waals surface area contributed by atoms with Gasteiger partial charge >= 0.3 is 6.03 Å². The molecule has 0 radical (unpaired) electrons. The van der Waals surface area contributed by atoms with Crippen LogP contribution in [0.4, 0.5) is 4.79 Å². The number of benzene rings is 2. The van der Waals surface area contributed by atoms with E-state index in [4.69, 9.17) is 0 Å². The zero-order valence-corrected chi connectivity index (χ0v) is 16.1. The molecular formula is C20H18BrN3O3. The highest BCUT2D eigenvalue weighted by molar-refractivity contribution is 9.10. The van der Waals surface area contributed by atoms with E-state index in [2.05, 4.69) is 21.2 Å². The van der Waals surface area contributed by atoms with Crippen molar-refractivity contribution in [3.63, 3.8) is 0 Å². The van der Waals surface area contributed by atoms with Crippen LogP contribution in [0.25, 0.3) is 0 Å². The molecule has 2 heterocycles. The molecule has 1 atom stereocenters. The molecule has 7 heteroatoms. The van der Waals surface area contributed by atoms with Crippen LogP contribution in [-0.4, -0.2) is 46.3 Å². The van der Waals surface area contributed by atoms with Crippen molar-refractivity contribution < 1.29 is 14.4 Å². The lowest BCUT2D eigenvalue weighted by atomic mass is 9.99. The number of imide groups is 1. The van der Waals surface area contributed by atoms with Crippen molar-refractivity contribution in [2.24, 2.45) is 0 Å². The van der Waals surface area contributed by atoms with Crippen molar-refractivity contribution in [1.82, 2.24) is 15.1 Å². The fourth-order valence-corrected chi connectivity index (χ4v) is 3.88. The van der Waals surface area contributed by atoms with E-state index in [0.29, 0.717) is 18.5 Å². The number of likely N-dealkylation sites (tertiary alicyclic amines) is 1. The van der Waals surface area contributed by atoms with Crippen molar-refractivity contribution in [1.29, 1.82) is 0 Å². The number of hydrogen-bond donors (Lipinski definition) is 1. The third-order valence-corrected chi connectivity index (χ3v) is 5.61. The molecule has 0 bridgehead atoms. The van der Waals surface area contributed by atoms with Gasteiger partial charge in [0.05, 0.1) is 13.1 Å². The average Bonchev–Trinajstić information content (AvgIpc) is 3.20. The molecule has 1 N–H and O–H groups in total. The lowest BCUT2D eigenvalue weighted by molar-refractivity contribution is -0.131. The second-order valence-electron chi connectivity index (χ2n) is 6.87. The van der Waals surface area contributed by atoms with Gasteiger partial charge in [-0.15, -0.1) is 0 Å². The minimum absolute atomic E-state index is 0.136. The van der Waals surface area contributed by atoms with Gasteiger partial charge in [-0.2, -0.15) is 0 Å². The first kappa shape index (κ1) is 17.7. The number of urea groups is 1. The summed E-state index contributed by atoms with van der Waals surface area (Å²) in [4.78, 5) is 41.0. The molecule has 27 heavy (non-hydrogen) atoms. The number of nitrogens with one attached hydrogen (secondary N) is 1. The third-order valence-electron chi connectivity index (χ3n) is 5.08. The smallest absolute Gasteiger partial charge is 0.325 e. The van der Waals surface area contributed by atoms with E-state index in [1.165, 1.54) is 4.90 Å². The van der Waals surface area contributed by atoms with Crippen LogP contribution >= 0.6 is 15.9 Å². The summed E-state index contributed by atoms with van der Waals surface area (Å²) in [6, 6.07) is 16.1. The molecule has 138 valence electrons. The van der Waals surface area contributed by atoms with E-state index in [-0.39, 0.29) is 24.9 Å². The second-order valence-corrected chi connectivity index (χ2v) is 7.79. The van der Waals surface area contributed by atoms with Crippen molar-refractivity contribution in [2.75, 3.05) is 13.1 Å². The normalized spacial score (nSPS) is 21.8. The molecule has 2 fully saturated rings. The predicted molar refractivity (Wildman–Crippen MR) is 103 cm³/mol. The quantitative estimate of drug-likeness (QED) is 0.765. The molecule has 0 saturated carbocycles. The van der Waals surface area contributed by atoms with Gasteiger partial charge in [-0.05, 0) is 36.2 Å². The van der Waals surface area contributed by atoms with Gasteiger partial charge in [0, 0.05) is 16.6 Å². The number of halogens is 1. The molecule has 0 aliphatic carbocycles. The van der Waals surface area contributed by atoms with Crippen molar-refractivity contribution in [2.45, 2.75) is 18.5 Å². The summed E-state index contributed by atoms with van der Waals surface area (Å²) in [7, 11) is 0. The first-order chi connectivity index (χ1) is 13.0. The van der Waals surface area contributed by atoms with E-state index in [1.54, 1.807) is 17.0 Å². The first-order valence-electron chi connectivity index (χ1n) is 8.71. The summed E-state index contributed by atoms with van der Waals surface area (Å²) in [6.45, 7) is 0.853. The number of rotatable bonds is 3. The monoisotopic (exact) mass is 427 g/mol. The third kappa shape index (κ3) is 3.23. The maximum absolute atomic E-state index is 13.0. The highest BCUT2D eigenvalue weighted by Gasteiger charge is 2.55. The fraction of sp³-hybridized carbons (Fsp3) is 0.250. The molecule has 0 aromatic heterocycles. The van der Waals surface area contributed by atoms with Crippen LogP contribution in [0.1, 0.15) is 22.3 Å². The first-order valence-corrected chi connectivity index (χ1v) is 9.51. The van der Waals surface area contributed by atoms with Crippen molar-refractivity contribution in [3.8, 4) is 0 Å². The molecule has 2 aliphatic heterocycles. The number of amides is 4. The summed E-state index contributed by atoms with van der Waals surface area (Å²) in [5.74, 6) is -0.398. The topological polar surface area (TPSA) is 69.7 Å². The molecule has 2 saturated heterocycles. The molecule has 4 rings (SSSR count). The lowest BCUT2D eigenvalue weighted by Gasteiger charge is -2.22. The Morgan fingerprint density at radius 2 is 1.78 bits per heavy atom. The zero-order chi connectivity index (χ0) is 19.0. The fourth-order valence-electron chi connectivity index (χ4n) is 3.62.